The molecule has 1 aliphatic carbocycles. The second-order valence-electron chi connectivity index (χ2n) is 11.7. The highest BCUT2D eigenvalue weighted by Gasteiger charge is 2.29. The van der Waals surface area contributed by atoms with Crippen molar-refractivity contribution in [2.45, 2.75) is 57.8 Å². The molecule has 0 aliphatic heterocycles. The maximum absolute atomic E-state index is 13.2. The van der Waals surface area contributed by atoms with Gasteiger partial charge in [-0.05, 0) is 91.3 Å². The lowest BCUT2D eigenvalue weighted by molar-refractivity contribution is -0.143. The quantitative estimate of drug-likeness (QED) is 0.120. The Labute approximate surface area is 274 Å². The van der Waals surface area contributed by atoms with E-state index < -0.39 is 23.8 Å². The van der Waals surface area contributed by atoms with E-state index in [4.69, 9.17) is 14.2 Å². The number of hydrogen-bond donors (Lipinski definition) is 3. The van der Waals surface area contributed by atoms with Crippen LogP contribution in [0.4, 0.5) is 0 Å². The monoisotopic (exact) mass is 637 g/mol. The normalized spacial score (nSPS) is 15.7. The summed E-state index contributed by atoms with van der Waals surface area (Å²) in [6.45, 7) is 1.27. The van der Waals surface area contributed by atoms with Gasteiger partial charge < -0.3 is 29.7 Å². The third-order valence-corrected chi connectivity index (χ3v) is 8.20. The number of carbonyl (C=O) groups excluding carboxylic acids is 1. The average molecular weight is 638 g/mol. The summed E-state index contributed by atoms with van der Waals surface area (Å²) >= 11 is 0. The van der Waals surface area contributed by atoms with E-state index in [-0.39, 0.29) is 22.9 Å². The number of carboxylic acids is 2. The third-order valence-electron chi connectivity index (χ3n) is 8.20. The van der Waals surface area contributed by atoms with Crippen LogP contribution in [0.15, 0.2) is 97.1 Å². The number of amides is 1. The molecule has 0 heterocycles. The summed E-state index contributed by atoms with van der Waals surface area (Å²) in [5.41, 5.74) is 3.35. The fourth-order valence-corrected chi connectivity index (χ4v) is 5.57. The molecule has 1 fully saturated rings. The Balaban J connectivity index is 1.07. The first-order chi connectivity index (χ1) is 22.8. The summed E-state index contributed by atoms with van der Waals surface area (Å²) in [6, 6.07) is 29.7. The van der Waals surface area contributed by atoms with Crippen LogP contribution in [-0.2, 0) is 24.4 Å². The molecule has 4 aromatic rings. The molecule has 5 rings (SSSR count). The predicted octanol–water partition coefficient (Wildman–Crippen LogP) is 6.93. The van der Waals surface area contributed by atoms with Crippen molar-refractivity contribution >= 4 is 17.8 Å². The SMILES string of the molecule is O=C(O)c1ccc(OCCCc2ccc(OCc3ccc(OCc4ccccc4)cc3)cc2)c(C(=O)NC2CCCC(C(=O)O)C2)c1. The molecule has 0 radical (unpaired) electrons. The largest absolute Gasteiger partial charge is 0.493 e. The third kappa shape index (κ3) is 9.84. The minimum atomic E-state index is -1.15. The molecule has 3 N–H and O–H groups in total. The van der Waals surface area contributed by atoms with Crippen molar-refractivity contribution in [3.05, 3.63) is 125 Å². The predicted molar refractivity (Wildman–Crippen MR) is 176 cm³/mol. The lowest BCUT2D eigenvalue weighted by atomic mass is 9.85. The molecule has 9 nitrogen and oxygen atoms in total. The van der Waals surface area contributed by atoms with Gasteiger partial charge in [-0.25, -0.2) is 4.79 Å². The Morgan fingerprint density at radius 1 is 0.723 bits per heavy atom. The van der Waals surface area contributed by atoms with Gasteiger partial charge >= 0.3 is 11.9 Å². The van der Waals surface area contributed by atoms with Crippen LogP contribution in [0.5, 0.6) is 17.2 Å². The fourth-order valence-electron chi connectivity index (χ4n) is 5.57. The first kappa shape index (κ1) is 33.1. The van der Waals surface area contributed by atoms with E-state index in [1.54, 1.807) is 0 Å². The lowest BCUT2D eigenvalue weighted by Crippen LogP contribution is -2.40. The molecular weight excluding hydrogens is 598 g/mol. The zero-order valence-electron chi connectivity index (χ0n) is 26.1. The molecule has 0 spiro atoms. The molecule has 47 heavy (non-hydrogen) atoms. The number of aryl methyl sites for hydroxylation is 1. The standard InChI is InChI=1S/C38H39NO8/c40-36(39-31-10-4-9-29(22-31)37(41)42)34-23-30(38(43)44)15-20-35(34)45-21-5-8-26-11-16-32(17-12-26)47-25-28-13-18-33(19-14-28)46-24-27-6-2-1-3-7-27/h1-3,6-7,11-20,23,29,31H,4-5,8-10,21-22,24-25H2,(H,39,40)(H,41,42)(H,43,44). The van der Waals surface area contributed by atoms with Crippen LogP contribution in [0.3, 0.4) is 0 Å². The van der Waals surface area contributed by atoms with Crippen molar-refractivity contribution in [1.82, 2.24) is 5.32 Å². The number of carbonyl (C=O) groups is 3. The van der Waals surface area contributed by atoms with Crippen molar-refractivity contribution in [3.63, 3.8) is 0 Å². The molecule has 4 aromatic carbocycles. The number of benzene rings is 4. The van der Waals surface area contributed by atoms with E-state index in [1.165, 1.54) is 18.2 Å². The highest BCUT2D eigenvalue weighted by molar-refractivity contribution is 6.00. The Hall–Kier alpha value is -5.31. The van der Waals surface area contributed by atoms with Crippen molar-refractivity contribution in [3.8, 4) is 17.2 Å². The Morgan fingerprint density at radius 3 is 2.00 bits per heavy atom. The van der Waals surface area contributed by atoms with Gasteiger partial charge in [0.1, 0.15) is 30.5 Å². The van der Waals surface area contributed by atoms with Gasteiger partial charge in [-0.15, -0.1) is 0 Å². The summed E-state index contributed by atoms with van der Waals surface area (Å²) in [6.07, 6.45) is 3.71. The Morgan fingerprint density at radius 2 is 1.36 bits per heavy atom. The minimum absolute atomic E-state index is 0.0262. The number of rotatable bonds is 15. The van der Waals surface area contributed by atoms with E-state index in [0.717, 1.165) is 34.6 Å². The van der Waals surface area contributed by atoms with Crippen molar-refractivity contribution < 1.29 is 38.8 Å². The zero-order valence-corrected chi connectivity index (χ0v) is 26.1. The van der Waals surface area contributed by atoms with Gasteiger partial charge in [0.05, 0.1) is 23.7 Å². The summed E-state index contributed by atoms with van der Waals surface area (Å²) in [5, 5.41) is 21.7. The Bertz CT molecular complexity index is 1640. The second-order valence-corrected chi connectivity index (χ2v) is 11.7. The van der Waals surface area contributed by atoms with Gasteiger partial charge in [0, 0.05) is 6.04 Å². The molecule has 1 aliphatic rings. The number of ether oxygens (including phenoxy) is 3. The van der Waals surface area contributed by atoms with Gasteiger partial charge in [0.2, 0.25) is 0 Å². The fraction of sp³-hybridized carbons (Fsp3) is 0.289. The molecule has 0 saturated heterocycles. The number of aromatic carboxylic acids is 1. The Kier molecular flexibility index (Phi) is 11.5. The van der Waals surface area contributed by atoms with Crippen LogP contribution >= 0.6 is 0 Å². The maximum Gasteiger partial charge on any atom is 0.335 e. The van der Waals surface area contributed by atoms with Gasteiger partial charge in [-0.1, -0.05) is 61.0 Å². The molecule has 1 amide bonds. The van der Waals surface area contributed by atoms with E-state index >= 15 is 0 Å². The van der Waals surface area contributed by atoms with E-state index in [2.05, 4.69) is 5.32 Å². The maximum atomic E-state index is 13.2. The van der Waals surface area contributed by atoms with Gasteiger partial charge in [-0.2, -0.15) is 0 Å². The van der Waals surface area contributed by atoms with E-state index in [0.29, 0.717) is 51.9 Å². The average Bonchev–Trinajstić information content (AvgIpc) is 3.09. The van der Waals surface area contributed by atoms with Crippen molar-refractivity contribution in [2.24, 2.45) is 5.92 Å². The van der Waals surface area contributed by atoms with Gasteiger partial charge in [0.15, 0.2) is 0 Å². The molecular formula is C38H39NO8. The number of aliphatic carboxylic acids is 1. The molecule has 244 valence electrons. The summed E-state index contributed by atoms with van der Waals surface area (Å²) < 4.78 is 17.7. The molecule has 1 saturated carbocycles. The minimum Gasteiger partial charge on any atom is -0.493 e. The molecule has 2 unspecified atom stereocenters. The first-order valence-corrected chi connectivity index (χ1v) is 15.9. The van der Waals surface area contributed by atoms with Crippen LogP contribution in [0.1, 0.15) is 69.5 Å². The lowest BCUT2D eigenvalue weighted by Gasteiger charge is -2.27. The van der Waals surface area contributed by atoms with Crippen molar-refractivity contribution in [1.29, 1.82) is 0 Å². The van der Waals surface area contributed by atoms with Crippen LogP contribution in [0, 0.1) is 5.92 Å². The summed E-state index contributed by atoms with van der Waals surface area (Å²) in [4.78, 5) is 36.2. The van der Waals surface area contributed by atoms with Gasteiger partial charge in [0.25, 0.3) is 5.91 Å². The van der Waals surface area contributed by atoms with Gasteiger partial charge in [-0.3, -0.25) is 9.59 Å². The van der Waals surface area contributed by atoms with Crippen LogP contribution in [0.2, 0.25) is 0 Å². The van der Waals surface area contributed by atoms with Crippen LogP contribution in [-0.4, -0.2) is 40.7 Å². The number of carboxylic acid groups (broad SMARTS) is 2. The smallest absolute Gasteiger partial charge is 0.335 e. The molecule has 9 heteroatoms. The zero-order chi connectivity index (χ0) is 33.0. The molecule has 0 aromatic heterocycles. The highest BCUT2D eigenvalue weighted by Crippen LogP contribution is 2.27. The van der Waals surface area contributed by atoms with Crippen LogP contribution < -0.4 is 19.5 Å². The molecule has 0 bridgehead atoms. The van der Waals surface area contributed by atoms with Crippen LogP contribution in [0.25, 0.3) is 0 Å². The highest BCUT2D eigenvalue weighted by atomic mass is 16.5. The summed E-state index contributed by atoms with van der Waals surface area (Å²) in [7, 11) is 0. The van der Waals surface area contributed by atoms with Crippen molar-refractivity contribution in [2.75, 3.05) is 6.61 Å². The topological polar surface area (TPSA) is 131 Å². The first-order valence-electron chi connectivity index (χ1n) is 15.9. The molecule has 2 atom stereocenters. The number of hydrogen-bond acceptors (Lipinski definition) is 6. The number of nitrogens with one attached hydrogen (secondary N) is 1. The summed E-state index contributed by atoms with van der Waals surface area (Å²) in [5.74, 6) is -1.13. The van der Waals surface area contributed by atoms with E-state index in [1.807, 2.05) is 78.9 Å². The van der Waals surface area contributed by atoms with E-state index in [9.17, 15) is 24.6 Å². The second kappa shape index (κ2) is 16.3.